The van der Waals surface area contributed by atoms with Crippen molar-refractivity contribution in [2.24, 2.45) is 5.73 Å². The van der Waals surface area contributed by atoms with E-state index in [1.54, 1.807) is 0 Å². The Morgan fingerprint density at radius 2 is 2.11 bits per heavy atom. The van der Waals surface area contributed by atoms with Crippen molar-refractivity contribution in [3.63, 3.8) is 0 Å². The number of ether oxygens (including phenoxy) is 2. The Balaban J connectivity index is 1.89. The molecule has 1 saturated heterocycles. The predicted octanol–water partition coefficient (Wildman–Crippen LogP) is 1.85. The van der Waals surface area contributed by atoms with Crippen molar-refractivity contribution in [2.45, 2.75) is 38.5 Å². The molecule has 1 aromatic rings. The Bertz CT molecular complexity index is 372. The van der Waals surface area contributed by atoms with Gasteiger partial charge in [0.05, 0.1) is 18.8 Å². The van der Waals surface area contributed by atoms with Crippen LogP contribution in [0.3, 0.4) is 0 Å². The lowest BCUT2D eigenvalue weighted by Gasteiger charge is -2.26. The lowest BCUT2D eigenvalue weighted by molar-refractivity contribution is 0.0195. The monoisotopic (exact) mass is 264 g/mol. The Morgan fingerprint density at radius 1 is 1.37 bits per heavy atom. The standard InChI is InChI=1S/C15H24N2O2/c1-11(2)19-13-5-3-12(4-6-13)15(16)9-14-10-17-7-8-18-14/h3-6,11,14-15,17H,7-10,16H2,1-2H3. The maximum absolute atomic E-state index is 6.23. The third kappa shape index (κ3) is 4.49. The molecule has 2 rings (SSSR count). The van der Waals surface area contributed by atoms with Gasteiger partial charge in [-0.25, -0.2) is 0 Å². The van der Waals surface area contributed by atoms with Gasteiger partial charge >= 0.3 is 0 Å². The molecule has 1 heterocycles. The molecule has 3 N–H and O–H groups in total. The zero-order chi connectivity index (χ0) is 13.7. The van der Waals surface area contributed by atoms with Gasteiger partial charge in [0.2, 0.25) is 0 Å². The maximum Gasteiger partial charge on any atom is 0.119 e. The largest absolute Gasteiger partial charge is 0.491 e. The molecule has 2 atom stereocenters. The molecule has 0 spiro atoms. The number of benzene rings is 1. The van der Waals surface area contributed by atoms with Crippen molar-refractivity contribution in [2.75, 3.05) is 19.7 Å². The van der Waals surface area contributed by atoms with E-state index in [0.717, 1.165) is 37.4 Å². The fraction of sp³-hybridized carbons (Fsp3) is 0.600. The molecule has 0 bridgehead atoms. The summed E-state index contributed by atoms with van der Waals surface area (Å²) < 4.78 is 11.3. The minimum Gasteiger partial charge on any atom is -0.491 e. The number of hydrogen-bond acceptors (Lipinski definition) is 4. The van der Waals surface area contributed by atoms with E-state index in [-0.39, 0.29) is 18.2 Å². The molecule has 1 aliphatic heterocycles. The zero-order valence-electron chi connectivity index (χ0n) is 11.8. The van der Waals surface area contributed by atoms with Crippen LogP contribution in [-0.2, 0) is 4.74 Å². The topological polar surface area (TPSA) is 56.5 Å². The molecule has 1 aromatic carbocycles. The van der Waals surface area contributed by atoms with E-state index in [0.29, 0.717) is 0 Å². The second-order valence-electron chi connectivity index (χ2n) is 5.27. The quantitative estimate of drug-likeness (QED) is 0.852. The zero-order valence-corrected chi connectivity index (χ0v) is 11.8. The van der Waals surface area contributed by atoms with Gasteiger partial charge in [-0.2, -0.15) is 0 Å². The van der Waals surface area contributed by atoms with Crippen LogP contribution in [0.25, 0.3) is 0 Å². The molecule has 19 heavy (non-hydrogen) atoms. The van der Waals surface area contributed by atoms with Crippen molar-refractivity contribution in [1.29, 1.82) is 0 Å². The van der Waals surface area contributed by atoms with Crippen molar-refractivity contribution >= 4 is 0 Å². The number of morpholine rings is 1. The summed E-state index contributed by atoms with van der Waals surface area (Å²) in [6, 6.07) is 8.06. The van der Waals surface area contributed by atoms with Crippen LogP contribution in [0.2, 0.25) is 0 Å². The van der Waals surface area contributed by atoms with E-state index in [1.165, 1.54) is 0 Å². The third-order valence-corrected chi connectivity index (χ3v) is 3.20. The summed E-state index contributed by atoms with van der Waals surface area (Å²) in [5.41, 5.74) is 7.36. The number of hydrogen-bond donors (Lipinski definition) is 2. The second kappa shape index (κ2) is 6.89. The highest BCUT2D eigenvalue weighted by Gasteiger charge is 2.18. The highest BCUT2D eigenvalue weighted by molar-refractivity contribution is 5.29. The van der Waals surface area contributed by atoms with Crippen molar-refractivity contribution in [1.82, 2.24) is 5.32 Å². The van der Waals surface area contributed by atoms with Crippen molar-refractivity contribution in [3.05, 3.63) is 29.8 Å². The van der Waals surface area contributed by atoms with Gasteiger partial charge in [-0.05, 0) is 38.0 Å². The van der Waals surface area contributed by atoms with Gasteiger partial charge in [0.15, 0.2) is 0 Å². The van der Waals surface area contributed by atoms with Gasteiger partial charge < -0.3 is 20.5 Å². The van der Waals surface area contributed by atoms with Crippen LogP contribution in [0, 0.1) is 0 Å². The minimum absolute atomic E-state index is 0.0120. The molecule has 106 valence electrons. The summed E-state index contributed by atoms with van der Waals surface area (Å²) in [7, 11) is 0. The van der Waals surface area contributed by atoms with Gasteiger partial charge in [-0.15, -0.1) is 0 Å². The fourth-order valence-electron chi connectivity index (χ4n) is 2.26. The summed E-state index contributed by atoms with van der Waals surface area (Å²) in [6.45, 7) is 6.65. The van der Waals surface area contributed by atoms with Crippen molar-refractivity contribution < 1.29 is 9.47 Å². The molecule has 4 nitrogen and oxygen atoms in total. The lowest BCUT2D eigenvalue weighted by atomic mass is 10.0. The summed E-state index contributed by atoms with van der Waals surface area (Å²) in [5, 5.41) is 3.32. The second-order valence-corrected chi connectivity index (χ2v) is 5.27. The van der Waals surface area contributed by atoms with Gasteiger partial charge in [0, 0.05) is 19.1 Å². The smallest absolute Gasteiger partial charge is 0.119 e. The van der Waals surface area contributed by atoms with Crippen LogP contribution in [0.15, 0.2) is 24.3 Å². The normalized spacial score (nSPS) is 21.4. The molecule has 0 radical (unpaired) electrons. The van der Waals surface area contributed by atoms with E-state index in [1.807, 2.05) is 38.1 Å². The van der Waals surface area contributed by atoms with E-state index >= 15 is 0 Å². The number of nitrogens with two attached hydrogens (primary N) is 1. The Labute approximate surface area is 115 Å². The van der Waals surface area contributed by atoms with Gasteiger partial charge in [0.25, 0.3) is 0 Å². The van der Waals surface area contributed by atoms with Gasteiger partial charge in [-0.3, -0.25) is 0 Å². The van der Waals surface area contributed by atoms with Crippen LogP contribution >= 0.6 is 0 Å². The summed E-state index contributed by atoms with van der Waals surface area (Å²) in [5.74, 6) is 0.890. The lowest BCUT2D eigenvalue weighted by Crippen LogP contribution is -2.40. The van der Waals surface area contributed by atoms with Crippen LogP contribution in [-0.4, -0.2) is 31.9 Å². The molecular weight excluding hydrogens is 240 g/mol. The first-order valence-electron chi connectivity index (χ1n) is 6.99. The molecule has 1 aliphatic rings. The summed E-state index contributed by atoms with van der Waals surface area (Å²) in [6.07, 6.45) is 1.26. The maximum atomic E-state index is 6.23. The molecule has 0 saturated carbocycles. The van der Waals surface area contributed by atoms with Crippen LogP contribution in [0.4, 0.5) is 0 Å². The summed E-state index contributed by atoms with van der Waals surface area (Å²) in [4.78, 5) is 0. The Morgan fingerprint density at radius 3 is 2.68 bits per heavy atom. The van der Waals surface area contributed by atoms with Crippen molar-refractivity contribution in [3.8, 4) is 5.75 Å². The number of nitrogens with one attached hydrogen (secondary N) is 1. The van der Waals surface area contributed by atoms with E-state index in [9.17, 15) is 0 Å². The highest BCUT2D eigenvalue weighted by Crippen LogP contribution is 2.21. The average Bonchev–Trinajstić information content (AvgIpc) is 2.40. The first-order chi connectivity index (χ1) is 9.15. The van der Waals surface area contributed by atoms with Crippen LogP contribution in [0.5, 0.6) is 5.75 Å². The van der Waals surface area contributed by atoms with Gasteiger partial charge in [-0.1, -0.05) is 12.1 Å². The summed E-state index contributed by atoms with van der Waals surface area (Å²) >= 11 is 0. The molecular formula is C15H24N2O2. The minimum atomic E-state index is 0.0120. The van der Waals surface area contributed by atoms with Crippen LogP contribution in [0.1, 0.15) is 31.9 Å². The molecule has 2 unspecified atom stereocenters. The molecule has 0 aliphatic carbocycles. The average molecular weight is 264 g/mol. The first kappa shape index (κ1) is 14.3. The Hall–Kier alpha value is -1.10. The van der Waals surface area contributed by atoms with E-state index in [2.05, 4.69) is 5.32 Å². The fourth-order valence-corrected chi connectivity index (χ4v) is 2.26. The molecule has 0 aromatic heterocycles. The van der Waals surface area contributed by atoms with Crippen LogP contribution < -0.4 is 15.8 Å². The molecule has 4 heteroatoms. The predicted molar refractivity (Wildman–Crippen MR) is 76.4 cm³/mol. The Kier molecular flexibility index (Phi) is 5.19. The molecule has 1 fully saturated rings. The van der Waals surface area contributed by atoms with E-state index in [4.69, 9.17) is 15.2 Å². The molecule has 0 amide bonds. The van der Waals surface area contributed by atoms with E-state index < -0.39 is 0 Å². The highest BCUT2D eigenvalue weighted by atomic mass is 16.5. The number of rotatable bonds is 5. The first-order valence-corrected chi connectivity index (χ1v) is 6.99. The third-order valence-electron chi connectivity index (χ3n) is 3.20. The van der Waals surface area contributed by atoms with Gasteiger partial charge in [0.1, 0.15) is 5.75 Å². The SMILES string of the molecule is CC(C)Oc1ccc(C(N)CC2CNCCO2)cc1.